The fourth-order valence-electron chi connectivity index (χ4n) is 3.45. The zero-order valence-corrected chi connectivity index (χ0v) is 18.9. The normalized spacial score (nSPS) is 15.3. The van der Waals surface area contributed by atoms with Gasteiger partial charge in [-0.15, -0.1) is 0 Å². The van der Waals surface area contributed by atoms with Crippen LogP contribution in [0.25, 0.3) is 0 Å². The fourth-order valence-corrected chi connectivity index (χ4v) is 3.94. The quantitative estimate of drug-likeness (QED) is 0.488. The van der Waals surface area contributed by atoms with E-state index in [4.69, 9.17) is 4.52 Å². The molecule has 0 aliphatic carbocycles. The minimum absolute atomic E-state index is 0.0467. The highest BCUT2D eigenvalue weighted by Crippen LogP contribution is 2.45. The van der Waals surface area contributed by atoms with Gasteiger partial charge in [-0.05, 0) is 39.9 Å². The van der Waals surface area contributed by atoms with E-state index >= 15 is 0 Å². The molecule has 0 aliphatic heterocycles. The van der Waals surface area contributed by atoms with Crippen molar-refractivity contribution in [2.24, 2.45) is 5.92 Å². The van der Waals surface area contributed by atoms with E-state index in [-0.39, 0.29) is 22.9 Å². The summed E-state index contributed by atoms with van der Waals surface area (Å²) >= 11 is 0. The average molecular weight is 383 g/mol. The Morgan fingerprint density at radius 1 is 1.00 bits per heavy atom. The molecule has 0 radical (unpaired) electrons. The molecule has 2 N–H and O–H groups in total. The molecule has 4 heteroatoms. The smallest absolute Gasteiger partial charge is 0.327 e. The SMILES string of the molecule is CCCCC(CC)C(OP(O)O)c1ccc(C(C)(C)C)cc1C(C)(C)C. The van der Waals surface area contributed by atoms with Gasteiger partial charge in [-0.3, -0.25) is 0 Å². The molecular formula is C22H39O3P. The van der Waals surface area contributed by atoms with Gasteiger partial charge in [-0.2, -0.15) is 0 Å². The summed E-state index contributed by atoms with van der Waals surface area (Å²) in [6.45, 7) is 17.6. The lowest BCUT2D eigenvalue weighted by Crippen LogP contribution is -2.23. The summed E-state index contributed by atoms with van der Waals surface area (Å²) in [5.41, 5.74) is 3.66. The van der Waals surface area contributed by atoms with Gasteiger partial charge in [0.25, 0.3) is 0 Å². The summed E-state index contributed by atoms with van der Waals surface area (Å²) in [6, 6.07) is 6.61. The van der Waals surface area contributed by atoms with Crippen molar-refractivity contribution in [1.82, 2.24) is 0 Å². The van der Waals surface area contributed by atoms with Crippen molar-refractivity contribution in [3.8, 4) is 0 Å². The van der Waals surface area contributed by atoms with E-state index in [1.54, 1.807) is 0 Å². The van der Waals surface area contributed by atoms with Crippen molar-refractivity contribution in [3.05, 3.63) is 34.9 Å². The Balaban J connectivity index is 3.48. The standard InChI is InChI=1S/C22H39O3P/c1-9-11-12-16(10-2)20(25-26(23)24)18-14-13-17(21(3,4)5)15-19(18)22(6,7)8/h13-16,20,23-24H,9-12H2,1-8H3. The molecule has 0 heterocycles. The number of rotatable bonds is 8. The third kappa shape index (κ3) is 6.60. The molecule has 2 unspecified atom stereocenters. The van der Waals surface area contributed by atoms with Gasteiger partial charge in [-0.1, -0.05) is 92.9 Å². The molecule has 0 aromatic heterocycles. The molecule has 1 aromatic carbocycles. The molecule has 26 heavy (non-hydrogen) atoms. The molecule has 0 spiro atoms. The Kier molecular flexibility index (Phi) is 8.74. The summed E-state index contributed by atoms with van der Waals surface area (Å²) in [6.07, 6.45) is 3.96. The summed E-state index contributed by atoms with van der Waals surface area (Å²) in [5, 5.41) is 0. The first-order chi connectivity index (χ1) is 11.9. The van der Waals surface area contributed by atoms with Crippen LogP contribution < -0.4 is 0 Å². The van der Waals surface area contributed by atoms with E-state index in [9.17, 15) is 9.79 Å². The highest BCUT2D eigenvalue weighted by atomic mass is 31.2. The zero-order valence-electron chi connectivity index (χ0n) is 18.0. The molecule has 0 bridgehead atoms. The van der Waals surface area contributed by atoms with Gasteiger partial charge >= 0.3 is 8.60 Å². The largest absolute Gasteiger partial charge is 0.328 e. The number of hydrogen-bond donors (Lipinski definition) is 2. The molecule has 1 aromatic rings. The van der Waals surface area contributed by atoms with Crippen molar-refractivity contribution in [2.75, 3.05) is 0 Å². The van der Waals surface area contributed by atoms with Gasteiger partial charge in [0.15, 0.2) is 0 Å². The third-order valence-corrected chi connectivity index (χ3v) is 5.54. The minimum atomic E-state index is -2.40. The van der Waals surface area contributed by atoms with Crippen LogP contribution in [-0.2, 0) is 15.4 Å². The zero-order chi connectivity index (χ0) is 20.1. The molecule has 1 rings (SSSR count). The maximum Gasteiger partial charge on any atom is 0.327 e. The van der Waals surface area contributed by atoms with Gasteiger partial charge in [-0.25, -0.2) is 0 Å². The Labute approximate surface area is 162 Å². The van der Waals surface area contributed by atoms with Crippen LogP contribution in [0.4, 0.5) is 0 Å². The van der Waals surface area contributed by atoms with E-state index < -0.39 is 8.60 Å². The van der Waals surface area contributed by atoms with Gasteiger partial charge in [0.2, 0.25) is 0 Å². The lowest BCUT2D eigenvalue weighted by Gasteiger charge is -2.33. The Morgan fingerprint density at radius 2 is 1.62 bits per heavy atom. The summed E-state index contributed by atoms with van der Waals surface area (Å²) < 4.78 is 5.72. The first kappa shape index (κ1) is 23.6. The second-order valence-corrected chi connectivity index (χ2v) is 10.1. The lowest BCUT2D eigenvalue weighted by atomic mass is 9.75. The summed E-state index contributed by atoms with van der Waals surface area (Å²) in [5.74, 6) is 0.279. The van der Waals surface area contributed by atoms with Crippen LogP contribution in [-0.4, -0.2) is 9.79 Å². The van der Waals surface area contributed by atoms with Crippen molar-refractivity contribution in [1.29, 1.82) is 0 Å². The van der Waals surface area contributed by atoms with Crippen LogP contribution >= 0.6 is 8.60 Å². The second kappa shape index (κ2) is 9.64. The average Bonchev–Trinajstić information content (AvgIpc) is 2.51. The number of unbranched alkanes of at least 4 members (excludes halogenated alkanes) is 1. The van der Waals surface area contributed by atoms with Crippen LogP contribution in [0.1, 0.15) is 104 Å². The van der Waals surface area contributed by atoms with Crippen molar-refractivity contribution < 1.29 is 14.3 Å². The molecule has 3 nitrogen and oxygen atoms in total. The van der Waals surface area contributed by atoms with Crippen molar-refractivity contribution in [2.45, 2.75) is 98.0 Å². The molecule has 2 atom stereocenters. The predicted octanol–water partition coefficient (Wildman–Crippen LogP) is 6.77. The van der Waals surface area contributed by atoms with Gasteiger partial charge in [0.05, 0.1) is 6.10 Å². The maximum absolute atomic E-state index is 9.63. The van der Waals surface area contributed by atoms with Crippen LogP contribution in [0.5, 0.6) is 0 Å². The Bertz CT molecular complexity index is 555. The second-order valence-electron chi connectivity index (χ2n) is 9.39. The molecule has 0 aliphatic rings. The number of hydrogen-bond acceptors (Lipinski definition) is 3. The van der Waals surface area contributed by atoms with Crippen molar-refractivity contribution in [3.63, 3.8) is 0 Å². The number of benzene rings is 1. The molecular weight excluding hydrogens is 343 g/mol. The maximum atomic E-state index is 9.63. The molecule has 0 amide bonds. The molecule has 0 fully saturated rings. The van der Waals surface area contributed by atoms with E-state index in [2.05, 4.69) is 73.6 Å². The molecule has 0 saturated carbocycles. The first-order valence-corrected chi connectivity index (χ1v) is 11.1. The van der Waals surface area contributed by atoms with E-state index in [0.29, 0.717) is 0 Å². The van der Waals surface area contributed by atoms with Crippen LogP contribution in [0.3, 0.4) is 0 Å². The van der Waals surface area contributed by atoms with Gasteiger partial charge < -0.3 is 14.3 Å². The molecule has 150 valence electrons. The van der Waals surface area contributed by atoms with Gasteiger partial charge in [0, 0.05) is 0 Å². The van der Waals surface area contributed by atoms with Crippen LogP contribution in [0, 0.1) is 5.92 Å². The van der Waals surface area contributed by atoms with E-state index in [1.165, 1.54) is 11.1 Å². The van der Waals surface area contributed by atoms with Crippen LogP contribution in [0.15, 0.2) is 18.2 Å². The molecule has 0 saturated heterocycles. The Hall–Kier alpha value is -0.470. The van der Waals surface area contributed by atoms with Gasteiger partial charge in [0.1, 0.15) is 0 Å². The predicted molar refractivity (Wildman–Crippen MR) is 112 cm³/mol. The minimum Gasteiger partial charge on any atom is -0.328 e. The van der Waals surface area contributed by atoms with Crippen molar-refractivity contribution >= 4 is 8.60 Å². The highest BCUT2D eigenvalue weighted by Gasteiger charge is 2.31. The first-order valence-electron chi connectivity index (χ1n) is 9.91. The Morgan fingerprint density at radius 3 is 2.04 bits per heavy atom. The summed E-state index contributed by atoms with van der Waals surface area (Å²) in [4.78, 5) is 19.3. The van der Waals surface area contributed by atoms with E-state index in [0.717, 1.165) is 31.2 Å². The fraction of sp³-hybridized carbons (Fsp3) is 0.727. The topological polar surface area (TPSA) is 49.7 Å². The van der Waals surface area contributed by atoms with Crippen LogP contribution in [0.2, 0.25) is 0 Å². The lowest BCUT2D eigenvalue weighted by molar-refractivity contribution is 0.104. The third-order valence-electron chi connectivity index (χ3n) is 5.12. The van der Waals surface area contributed by atoms with E-state index in [1.807, 2.05) is 0 Å². The highest BCUT2D eigenvalue weighted by molar-refractivity contribution is 7.39. The summed E-state index contributed by atoms with van der Waals surface area (Å²) in [7, 11) is -2.40. The monoisotopic (exact) mass is 382 g/mol.